The first-order valence-corrected chi connectivity index (χ1v) is 6.48. The number of carbonyl (C=O) groups is 1. The molecule has 0 heterocycles. The number of nitrogens with one attached hydrogen (secondary N) is 1. The lowest BCUT2D eigenvalue weighted by atomic mass is 10.2. The van der Waals surface area contributed by atoms with Crippen LogP contribution in [0.3, 0.4) is 0 Å². The molecule has 0 fully saturated rings. The summed E-state index contributed by atoms with van der Waals surface area (Å²) in [6.45, 7) is 8.89. The minimum atomic E-state index is -0.937. The average molecular weight is 279 g/mol. The fourth-order valence-corrected chi connectivity index (χ4v) is 1.45. The molecule has 0 saturated carbocycles. The molecule has 0 aliphatic carbocycles. The van der Waals surface area contributed by atoms with Crippen LogP contribution in [-0.4, -0.2) is 44.0 Å². The zero-order valence-corrected chi connectivity index (χ0v) is 11.7. The van der Waals surface area contributed by atoms with Crippen molar-refractivity contribution < 1.29 is 19.4 Å². The quantitative estimate of drug-likeness (QED) is 0.506. The van der Waals surface area contributed by atoms with Crippen molar-refractivity contribution in [1.29, 1.82) is 0 Å². The molecule has 0 aliphatic heterocycles. The van der Waals surface area contributed by atoms with Gasteiger partial charge in [-0.25, -0.2) is 4.79 Å². The lowest BCUT2D eigenvalue weighted by Crippen LogP contribution is -2.25. The van der Waals surface area contributed by atoms with Crippen molar-refractivity contribution >= 4 is 5.97 Å². The van der Waals surface area contributed by atoms with Crippen LogP contribution < -0.4 is 10.1 Å². The van der Waals surface area contributed by atoms with Crippen LogP contribution in [0.15, 0.2) is 36.4 Å². The zero-order chi connectivity index (χ0) is 14.8. The van der Waals surface area contributed by atoms with Gasteiger partial charge >= 0.3 is 5.97 Å². The fourth-order valence-electron chi connectivity index (χ4n) is 1.45. The maximum atomic E-state index is 10.7. The predicted molar refractivity (Wildman–Crippen MR) is 77.4 cm³/mol. The van der Waals surface area contributed by atoms with Gasteiger partial charge < -0.3 is 19.9 Å². The van der Waals surface area contributed by atoms with Gasteiger partial charge in [0.25, 0.3) is 0 Å². The maximum absolute atomic E-state index is 10.7. The van der Waals surface area contributed by atoms with Crippen LogP contribution in [0, 0.1) is 0 Å². The molecular weight excluding hydrogens is 258 g/mol. The molecular formula is C15H21NO4. The van der Waals surface area contributed by atoms with Crippen LogP contribution >= 0.6 is 0 Å². The largest absolute Gasteiger partial charge is 0.492 e. The Kier molecular flexibility index (Phi) is 7.39. The molecule has 110 valence electrons. The molecule has 1 aromatic carbocycles. The van der Waals surface area contributed by atoms with Crippen molar-refractivity contribution in [3.63, 3.8) is 0 Å². The predicted octanol–water partition coefficient (Wildman–Crippen LogP) is 1.95. The molecule has 0 unspecified atom stereocenters. The van der Waals surface area contributed by atoms with E-state index in [1.807, 2.05) is 6.92 Å². The Morgan fingerprint density at radius 2 is 1.90 bits per heavy atom. The van der Waals surface area contributed by atoms with Gasteiger partial charge in [0.05, 0.1) is 18.8 Å². The van der Waals surface area contributed by atoms with Crippen molar-refractivity contribution in [2.24, 2.45) is 0 Å². The molecule has 0 radical (unpaired) electrons. The van der Waals surface area contributed by atoms with Crippen molar-refractivity contribution in [1.82, 2.24) is 5.32 Å². The van der Waals surface area contributed by atoms with E-state index in [1.165, 1.54) is 12.1 Å². The van der Waals surface area contributed by atoms with E-state index in [0.29, 0.717) is 32.1 Å². The van der Waals surface area contributed by atoms with Gasteiger partial charge in [0.15, 0.2) is 0 Å². The second kappa shape index (κ2) is 9.12. The summed E-state index contributed by atoms with van der Waals surface area (Å²) in [4.78, 5) is 10.7. The summed E-state index contributed by atoms with van der Waals surface area (Å²) < 4.78 is 10.8. The Morgan fingerprint density at radius 1 is 1.25 bits per heavy atom. The monoisotopic (exact) mass is 279 g/mol. The number of hydrogen-bond acceptors (Lipinski definition) is 4. The summed E-state index contributed by atoms with van der Waals surface area (Å²) in [5, 5.41) is 11.9. The standard InChI is InChI=1S/C15H21NO4/c1-12(2)11-19-9-7-16-8-10-20-14-5-3-13(4-6-14)15(17)18/h3-6,16H,1,7-11H2,2H3,(H,17,18). The smallest absolute Gasteiger partial charge is 0.335 e. The molecule has 2 N–H and O–H groups in total. The first-order chi connectivity index (χ1) is 9.59. The van der Waals surface area contributed by atoms with E-state index in [1.54, 1.807) is 12.1 Å². The van der Waals surface area contributed by atoms with E-state index < -0.39 is 5.97 Å². The van der Waals surface area contributed by atoms with Crippen LogP contribution in [0.1, 0.15) is 17.3 Å². The number of rotatable bonds is 10. The van der Waals surface area contributed by atoms with Crippen molar-refractivity contribution in [3.8, 4) is 5.75 Å². The number of benzene rings is 1. The highest BCUT2D eigenvalue weighted by Gasteiger charge is 2.01. The summed E-state index contributed by atoms with van der Waals surface area (Å²) in [5.74, 6) is -0.275. The highest BCUT2D eigenvalue weighted by molar-refractivity contribution is 5.87. The highest BCUT2D eigenvalue weighted by atomic mass is 16.5. The van der Waals surface area contributed by atoms with Gasteiger partial charge in [-0.3, -0.25) is 0 Å². The van der Waals surface area contributed by atoms with Crippen molar-refractivity contribution in [3.05, 3.63) is 42.0 Å². The van der Waals surface area contributed by atoms with E-state index in [2.05, 4.69) is 11.9 Å². The topological polar surface area (TPSA) is 67.8 Å². The van der Waals surface area contributed by atoms with Crippen LogP contribution in [0.4, 0.5) is 0 Å². The van der Waals surface area contributed by atoms with E-state index in [-0.39, 0.29) is 5.56 Å². The lowest BCUT2D eigenvalue weighted by molar-refractivity contribution is 0.0697. The fraction of sp³-hybridized carbons (Fsp3) is 0.400. The average Bonchev–Trinajstić information content (AvgIpc) is 2.42. The molecule has 0 bridgehead atoms. The zero-order valence-electron chi connectivity index (χ0n) is 11.7. The molecule has 1 rings (SSSR count). The van der Waals surface area contributed by atoms with Gasteiger partial charge in [0, 0.05) is 13.1 Å². The molecule has 20 heavy (non-hydrogen) atoms. The summed E-state index contributed by atoms with van der Waals surface area (Å²) in [7, 11) is 0. The van der Waals surface area contributed by atoms with Crippen LogP contribution in [-0.2, 0) is 4.74 Å². The second-order valence-electron chi connectivity index (χ2n) is 4.44. The summed E-state index contributed by atoms with van der Waals surface area (Å²) >= 11 is 0. The molecule has 0 saturated heterocycles. The minimum Gasteiger partial charge on any atom is -0.492 e. The second-order valence-corrected chi connectivity index (χ2v) is 4.44. The molecule has 5 heteroatoms. The number of aromatic carboxylic acids is 1. The van der Waals surface area contributed by atoms with E-state index in [0.717, 1.165) is 12.1 Å². The van der Waals surface area contributed by atoms with Gasteiger partial charge in [-0.05, 0) is 31.2 Å². The van der Waals surface area contributed by atoms with Crippen molar-refractivity contribution in [2.45, 2.75) is 6.92 Å². The first-order valence-electron chi connectivity index (χ1n) is 6.48. The summed E-state index contributed by atoms with van der Waals surface area (Å²) in [6.07, 6.45) is 0. The van der Waals surface area contributed by atoms with Crippen LogP contribution in [0.25, 0.3) is 0 Å². The first kappa shape index (κ1) is 16.2. The van der Waals surface area contributed by atoms with Gasteiger partial charge in [-0.2, -0.15) is 0 Å². The van der Waals surface area contributed by atoms with E-state index in [4.69, 9.17) is 14.6 Å². The normalized spacial score (nSPS) is 10.2. The Balaban J connectivity index is 2.06. The summed E-state index contributed by atoms with van der Waals surface area (Å²) in [6, 6.07) is 6.35. The van der Waals surface area contributed by atoms with Gasteiger partial charge in [-0.15, -0.1) is 0 Å². The van der Waals surface area contributed by atoms with Crippen molar-refractivity contribution in [2.75, 3.05) is 32.9 Å². The molecule has 0 aliphatic rings. The SMILES string of the molecule is C=C(C)COCCNCCOc1ccc(C(=O)O)cc1. The minimum absolute atomic E-state index is 0.255. The van der Waals surface area contributed by atoms with Crippen LogP contribution in [0.5, 0.6) is 5.75 Å². The highest BCUT2D eigenvalue weighted by Crippen LogP contribution is 2.11. The molecule has 0 aromatic heterocycles. The molecule has 1 aromatic rings. The van der Waals surface area contributed by atoms with Gasteiger partial charge in [0.2, 0.25) is 0 Å². The molecule has 0 amide bonds. The number of carboxylic acid groups (broad SMARTS) is 1. The third-order valence-electron chi connectivity index (χ3n) is 2.42. The Bertz CT molecular complexity index is 428. The molecule has 0 spiro atoms. The Labute approximate surface area is 119 Å². The third-order valence-corrected chi connectivity index (χ3v) is 2.42. The molecule has 0 atom stereocenters. The summed E-state index contributed by atoms with van der Waals surface area (Å²) in [5.41, 5.74) is 1.27. The Morgan fingerprint density at radius 3 is 2.50 bits per heavy atom. The Hall–Kier alpha value is -1.85. The lowest BCUT2D eigenvalue weighted by Gasteiger charge is -2.08. The number of hydrogen-bond donors (Lipinski definition) is 2. The maximum Gasteiger partial charge on any atom is 0.335 e. The van der Waals surface area contributed by atoms with Gasteiger partial charge in [-0.1, -0.05) is 12.2 Å². The van der Waals surface area contributed by atoms with Gasteiger partial charge in [0.1, 0.15) is 12.4 Å². The third kappa shape index (κ3) is 6.92. The molecule has 5 nitrogen and oxygen atoms in total. The van der Waals surface area contributed by atoms with E-state index >= 15 is 0 Å². The van der Waals surface area contributed by atoms with E-state index in [9.17, 15) is 4.79 Å². The number of ether oxygens (including phenoxy) is 2. The number of carboxylic acids is 1. The van der Waals surface area contributed by atoms with Crippen LogP contribution in [0.2, 0.25) is 0 Å².